The average Bonchev–Trinajstić information content (AvgIpc) is 2.47. The van der Waals surface area contributed by atoms with Crippen LogP contribution in [0.1, 0.15) is 41.3 Å². The maximum atomic E-state index is 12.4. The van der Waals surface area contributed by atoms with Crippen LogP contribution in [-0.2, 0) is 10.0 Å². The molecule has 7 heteroatoms. The van der Waals surface area contributed by atoms with Crippen LogP contribution in [0.3, 0.4) is 0 Å². The number of hydrogen-bond acceptors (Lipinski definition) is 4. The fourth-order valence-corrected chi connectivity index (χ4v) is 3.74. The van der Waals surface area contributed by atoms with E-state index < -0.39 is 10.0 Å². The molecule has 1 saturated heterocycles. The van der Waals surface area contributed by atoms with Gasteiger partial charge in [0, 0.05) is 12.1 Å². The summed E-state index contributed by atoms with van der Waals surface area (Å²) in [6.45, 7) is 8.09. The summed E-state index contributed by atoms with van der Waals surface area (Å²) in [6.07, 6.45) is 2.01. The van der Waals surface area contributed by atoms with Gasteiger partial charge < -0.3 is 10.6 Å². The predicted octanol–water partition coefficient (Wildman–Crippen LogP) is 1.07. The Morgan fingerprint density at radius 2 is 1.91 bits per heavy atom. The van der Waals surface area contributed by atoms with E-state index >= 15 is 0 Å². The van der Waals surface area contributed by atoms with Gasteiger partial charge in [0.15, 0.2) is 0 Å². The molecule has 0 bridgehead atoms. The minimum absolute atomic E-state index is 0.00993. The number of hydrogen-bond donors (Lipinski definition) is 3. The van der Waals surface area contributed by atoms with Crippen LogP contribution >= 0.6 is 0 Å². The SMILES string of the molecule is Cc1cc(C(=O)NCC2(C)CCNCC2)cc(S(N)(=O)=O)c1C. The Morgan fingerprint density at radius 3 is 2.48 bits per heavy atom. The van der Waals surface area contributed by atoms with Crippen molar-refractivity contribution in [2.45, 2.75) is 38.5 Å². The number of piperidine rings is 1. The Morgan fingerprint density at radius 1 is 1.30 bits per heavy atom. The summed E-state index contributed by atoms with van der Waals surface area (Å²) in [6, 6.07) is 3.06. The number of carbonyl (C=O) groups is 1. The minimum Gasteiger partial charge on any atom is -0.351 e. The molecule has 0 aromatic heterocycles. The Labute approximate surface area is 137 Å². The molecule has 1 aliphatic heterocycles. The molecule has 1 heterocycles. The zero-order valence-corrected chi connectivity index (χ0v) is 14.7. The van der Waals surface area contributed by atoms with E-state index in [0.717, 1.165) is 31.5 Å². The molecule has 1 aliphatic rings. The molecule has 1 aromatic carbocycles. The molecule has 2 rings (SSSR count). The molecule has 128 valence electrons. The van der Waals surface area contributed by atoms with Crippen molar-refractivity contribution in [1.82, 2.24) is 10.6 Å². The third-order valence-electron chi connectivity index (χ3n) is 4.67. The second-order valence-electron chi connectivity index (χ2n) is 6.70. The molecule has 1 amide bonds. The standard InChI is InChI=1S/C16H25N3O3S/c1-11-8-13(9-14(12(11)2)23(17,21)22)15(20)19-10-16(3)4-6-18-7-5-16/h8-9,18H,4-7,10H2,1-3H3,(H,19,20)(H2,17,21,22). The first-order chi connectivity index (χ1) is 10.6. The third kappa shape index (κ3) is 4.31. The van der Waals surface area contributed by atoms with Crippen LogP contribution in [0.15, 0.2) is 17.0 Å². The summed E-state index contributed by atoms with van der Waals surface area (Å²) < 4.78 is 23.4. The summed E-state index contributed by atoms with van der Waals surface area (Å²) in [5, 5.41) is 11.5. The van der Waals surface area contributed by atoms with Gasteiger partial charge in [-0.15, -0.1) is 0 Å². The number of rotatable bonds is 4. The largest absolute Gasteiger partial charge is 0.351 e. The van der Waals surface area contributed by atoms with Crippen LogP contribution in [0.4, 0.5) is 0 Å². The number of sulfonamides is 1. The fraction of sp³-hybridized carbons (Fsp3) is 0.562. The Balaban J connectivity index is 2.18. The van der Waals surface area contributed by atoms with E-state index in [2.05, 4.69) is 17.6 Å². The first-order valence-corrected chi connectivity index (χ1v) is 9.30. The van der Waals surface area contributed by atoms with E-state index in [0.29, 0.717) is 17.7 Å². The van der Waals surface area contributed by atoms with E-state index in [9.17, 15) is 13.2 Å². The van der Waals surface area contributed by atoms with Gasteiger partial charge >= 0.3 is 0 Å². The number of benzene rings is 1. The number of nitrogens with one attached hydrogen (secondary N) is 2. The lowest BCUT2D eigenvalue weighted by Crippen LogP contribution is -2.42. The Kier molecular flexibility index (Phi) is 5.13. The lowest BCUT2D eigenvalue weighted by atomic mass is 9.81. The summed E-state index contributed by atoms with van der Waals surface area (Å²) >= 11 is 0. The third-order valence-corrected chi connectivity index (χ3v) is 5.71. The van der Waals surface area contributed by atoms with Gasteiger partial charge in [0.2, 0.25) is 10.0 Å². The van der Waals surface area contributed by atoms with Crippen molar-refractivity contribution < 1.29 is 13.2 Å². The van der Waals surface area contributed by atoms with Gasteiger partial charge in [-0.2, -0.15) is 0 Å². The zero-order valence-electron chi connectivity index (χ0n) is 13.9. The number of carbonyl (C=O) groups excluding carboxylic acids is 1. The maximum Gasteiger partial charge on any atom is 0.251 e. The Hall–Kier alpha value is -1.44. The molecule has 4 N–H and O–H groups in total. The van der Waals surface area contributed by atoms with Crippen molar-refractivity contribution in [1.29, 1.82) is 0 Å². The summed E-state index contributed by atoms with van der Waals surface area (Å²) in [7, 11) is -3.85. The van der Waals surface area contributed by atoms with Gasteiger partial charge in [0.05, 0.1) is 4.90 Å². The van der Waals surface area contributed by atoms with E-state index in [1.54, 1.807) is 19.9 Å². The molecular weight excluding hydrogens is 314 g/mol. The molecule has 0 unspecified atom stereocenters. The maximum absolute atomic E-state index is 12.4. The van der Waals surface area contributed by atoms with Crippen LogP contribution in [0, 0.1) is 19.3 Å². The highest BCUT2D eigenvalue weighted by Crippen LogP contribution is 2.27. The van der Waals surface area contributed by atoms with Crippen LogP contribution in [-0.4, -0.2) is 34.0 Å². The van der Waals surface area contributed by atoms with E-state index in [1.807, 2.05) is 0 Å². The topological polar surface area (TPSA) is 101 Å². The van der Waals surface area contributed by atoms with Gasteiger partial charge in [-0.1, -0.05) is 6.92 Å². The van der Waals surface area contributed by atoms with Gasteiger partial charge in [-0.3, -0.25) is 4.79 Å². The van der Waals surface area contributed by atoms with Gasteiger partial charge in [-0.25, -0.2) is 13.6 Å². The highest BCUT2D eigenvalue weighted by molar-refractivity contribution is 7.89. The predicted molar refractivity (Wildman–Crippen MR) is 89.8 cm³/mol. The summed E-state index contributed by atoms with van der Waals surface area (Å²) in [5.41, 5.74) is 1.71. The van der Waals surface area contributed by atoms with Gasteiger partial charge in [0.25, 0.3) is 5.91 Å². The molecule has 0 spiro atoms. The summed E-state index contributed by atoms with van der Waals surface area (Å²) in [5.74, 6) is -0.266. The van der Waals surface area contributed by atoms with Crippen LogP contribution in [0.2, 0.25) is 0 Å². The molecule has 0 aliphatic carbocycles. The van der Waals surface area contributed by atoms with Crippen molar-refractivity contribution in [3.63, 3.8) is 0 Å². The van der Waals surface area contributed by atoms with E-state index in [4.69, 9.17) is 5.14 Å². The lowest BCUT2D eigenvalue weighted by Gasteiger charge is -2.34. The minimum atomic E-state index is -3.85. The molecule has 0 atom stereocenters. The van der Waals surface area contributed by atoms with Crippen molar-refractivity contribution in [3.05, 3.63) is 28.8 Å². The first kappa shape index (κ1) is 17.9. The van der Waals surface area contributed by atoms with Gasteiger partial charge in [0.1, 0.15) is 0 Å². The average molecular weight is 339 g/mol. The zero-order chi connectivity index (χ0) is 17.3. The quantitative estimate of drug-likeness (QED) is 0.764. The fourth-order valence-electron chi connectivity index (χ4n) is 2.86. The highest BCUT2D eigenvalue weighted by Gasteiger charge is 2.27. The molecule has 0 saturated carbocycles. The smallest absolute Gasteiger partial charge is 0.251 e. The molecule has 1 fully saturated rings. The number of primary sulfonamides is 1. The van der Waals surface area contributed by atoms with Crippen molar-refractivity contribution in [2.24, 2.45) is 10.6 Å². The number of amides is 1. The van der Waals surface area contributed by atoms with Crippen LogP contribution < -0.4 is 15.8 Å². The molecule has 23 heavy (non-hydrogen) atoms. The second-order valence-corrected chi connectivity index (χ2v) is 8.23. The molecule has 0 radical (unpaired) electrons. The van der Waals surface area contributed by atoms with Crippen LogP contribution in [0.25, 0.3) is 0 Å². The lowest BCUT2D eigenvalue weighted by molar-refractivity contribution is 0.0922. The molecule has 6 nitrogen and oxygen atoms in total. The number of aryl methyl sites for hydroxylation is 1. The van der Waals surface area contributed by atoms with E-state index in [-0.39, 0.29) is 16.2 Å². The van der Waals surface area contributed by atoms with Gasteiger partial charge in [-0.05, 0) is 68.5 Å². The Bertz CT molecular complexity index is 708. The monoisotopic (exact) mass is 339 g/mol. The summed E-state index contributed by atoms with van der Waals surface area (Å²) in [4.78, 5) is 12.4. The highest BCUT2D eigenvalue weighted by atomic mass is 32.2. The first-order valence-electron chi connectivity index (χ1n) is 7.75. The van der Waals surface area contributed by atoms with E-state index in [1.165, 1.54) is 6.07 Å². The van der Waals surface area contributed by atoms with Crippen molar-refractivity contribution in [3.8, 4) is 0 Å². The second kappa shape index (κ2) is 6.59. The van der Waals surface area contributed by atoms with Crippen LogP contribution in [0.5, 0.6) is 0 Å². The molecular formula is C16H25N3O3S. The normalized spacial score (nSPS) is 17.7. The number of nitrogens with two attached hydrogens (primary N) is 1. The van der Waals surface area contributed by atoms with Crippen molar-refractivity contribution >= 4 is 15.9 Å². The van der Waals surface area contributed by atoms with Crippen molar-refractivity contribution in [2.75, 3.05) is 19.6 Å². The molecule has 1 aromatic rings.